The number of esters is 2. The molecule has 21 heavy (non-hydrogen) atoms. The lowest BCUT2D eigenvalue weighted by atomic mass is 9.81. The van der Waals surface area contributed by atoms with Crippen molar-refractivity contribution in [3.63, 3.8) is 0 Å². The van der Waals surface area contributed by atoms with Crippen LogP contribution in [0.1, 0.15) is 45.4 Å². The molecule has 1 atom stereocenters. The number of carbonyl (C=O) groups excluding carboxylic acids is 3. The van der Waals surface area contributed by atoms with Crippen LogP contribution in [0.5, 0.6) is 0 Å². The molecule has 0 bridgehead atoms. The average molecular weight is 299 g/mol. The van der Waals surface area contributed by atoms with Crippen LogP contribution in [0.15, 0.2) is 0 Å². The molecule has 120 valence electrons. The molecule has 0 spiro atoms. The van der Waals surface area contributed by atoms with E-state index in [0.717, 1.165) is 6.42 Å². The van der Waals surface area contributed by atoms with Crippen molar-refractivity contribution >= 4 is 17.8 Å². The third-order valence-electron chi connectivity index (χ3n) is 4.01. The lowest BCUT2D eigenvalue weighted by Gasteiger charge is -2.27. The standard InChI is InChI=1S/C15H25NO5/c1-4-5-12(15(19)21-3)16-13(17)10-6-8-11(9-7-10)14(18)20-2/h10-12H,4-9H2,1-3H3,(H,16,17)/t10?,11?,12-/m0/s1. The first-order valence-corrected chi connectivity index (χ1v) is 7.49. The van der Waals surface area contributed by atoms with E-state index in [1.54, 1.807) is 0 Å². The largest absolute Gasteiger partial charge is 0.469 e. The van der Waals surface area contributed by atoms with Crippen molar-refractivity contribution < 1.29 is 23.9 Å². The molecule has 1 amide bonds. The molecule has 0 aromatic rings. The zero-order valence-electron chi connectivity index (χ0n) is 13.0. The maximum Gasteiger partial charge on any atom is 0.328 e. The summed E-state index contributed by atoms with van der Waals surface area (Å²) in [6.45, 7) is 1.95. The molecule has 6 heteroatoms. The fourth-order valence-corrected chi connectivity index (χ4v) is 2.73. The molecule has 1 aliphatic rings. The highest BCUT2D eigenvalue weighted by Gasteiger charge is 2.32. The summed E-state index contributed by atoms with van der Waals surface area (Å²) in [7, 11) is 2.70. The molecule has 0 heterocycles. The molecular formula is C15H25NO5. The van der Waals surface area contributed by atoms with E-state index in [0.29, 0.717) is 32.1 Å². The van der Waals surface area contributed by atoms with Crippen molar-refractivity contribution in [1.82, 2.24) is 5.32 Å². The van der Waals surface area contributed by atoms with Gasteiger partial charge in [-0.1, -0.05) is 13.3 Å². The maximum atomic E-state index is 12.2. The van der Waals surface area contributed by atoms with Gasteiger partial charge in [0.25, 0.3) is 0 Å². The minimum atomic E-state index is -0.578. The van der Waals surface area contributed by atoms with Crippen molar-refractivity contribution in [2.75, 3.05) is 14.2 Å². The fourth-order valence-electron chi connectivity index (χ4n) is 2.73. The molecule has 6 nitrogen and oxygen atoms in total. The van der Waals surface area contributed by atoms with Gasteiger partial charge in [-0.15, -0.1) is 0 Å². The topological polar surface area (TPSA) is 81.7 Å². The number of hydrogen-bond acceptors (Lipinski definition) is 5. The van der Waals surface area contributed by atoms with E-state index in [4.69, 9.17) is 9.47 Å². The molecule has 1 rings (SSSR count). The Labute approximate surface area is 125 Å². The van der Waals surface area contributed by atoms with E-state index in [-0.39, 0.29) is 23.7 Å². The summed E-state index contributed by atoms with van der Waals surface area (Å²) >= 11 is 0. The molecule has 1 saturated carbocycles. The van der Waals surface area contributed by atoms with Crippen molar-refractivity contribution in [3.8, 4) is 0 Å². The Morgan fingerprint density at radius 3 is 2.10 bits per heavy atom. The normalized spacial score (nSPS) is 23.0. The highest BCUT2D eigenvalue weighted by molar-refractivity contribution is 5.86. The van der Waals surface area contributed by atoms with Gasteiger partial charge in [0.1, 0.15) is 6.04 Å². The van der Waals surface area contributed by atoms with E-state index >= 15 is 0 Å². The van der Waals surface area contributed by atoms with Crippen LogP contribution in [0.3, 0.4) is 0 Å². The summed E-state index contributed by atoms with van der Waals surface area (Å²) in [5, 5.41) is 2.77. The van der Waals surface area contributed by atoms with Gasteiger partial charge in [-0.05, 0) is 32.1 Å². The van der Waals surface area contributed by atoms with Gasteiger partial charge in [-0.2, -0.15) is 0 Å². The quantitative estimate of drug-likeness (QED) is 0.750. The van der Waals surface area contributed by atoms with Crippen molar-refractivity contribution in [2.45, 2.75) is 51.5 Å². The fraction of sp³-hybridized carbons (Fsp3) is 0.800. The lowest BCUT2D eigenvalue weighted by Crippen LogP contribution is -2.45. The number of ether oxygens (including phenoxy) is 2. The predicted octanol–water partition coefficient (Wildman–Crippen LogP) is 1.42. The highest BCUT2D eigenvalue weighted by Crippen LogP contribution is 2.29. The van der Waals surface area contributed by atoms with Crippen LogP contribution >= 0.6 is 0 Å². The van der Waals surface area contributed by atoms with Gasteiger partial charge in [-0.3, -0.25) is 9.59 Å². The summed E-state index contributed by atoms with van der Waals surface area (Å²) in [6.07, 6.45) is 3.95. The van der Waals surface area contributed by atoms with E-state index in [1.807, 2.05) is 6.92 Å². The van der Waals surface area contributed by atoms with E-state index < -0.39 is 12.0 Å². The summed E-state index contributed by atoms with van der Waals surface area (Å²) in [5.74, 6) is -0.982. The summed E-state index contributed by atoms with van der Waals surface area (Å²) < 4.78 is 9.43. The van der Waals surface area contributed by atoms with Gasteiger partial charge in [0.05, 0.1) is 20.1 Å². The van der Waals surface area contributed by atoms with Crippen LogP contribution in [0.2, 0.25) is 0 Å². The molecule has 0 saturated heterocycles. The van der Waals surface area contributed by atoms with E-state index in [2.05, 4.69) is 5.32 Å². The maximum absolute atomic E-state index is 12.2. The van der Waals surface area contributed by atoms with Crippen LogP contribution in [0.25, 0.3) is 0 Å². The first kappa shape index (κ1) is 17.5. The molecule has 1 aliphatic carbocycles. The van der Waals surface area contributed by atoms with Gasteiger partial charge >= 0.3 is 11.9 Å². The van der Waals surface area contributed by atoms with Crippen molar-refractivity contribution in [3.05, 3.63) is 0 Å². The number of hydrogen-bond donors (Lipinski definition) is 1. The summed E-state index contributed by atoms with van der Waals surface area (Å²) in [4.78, 5) is 35.3. The Kier molecular flexibility index (Phi) is 7.19. The number of nitrogens with one attached hydrogen (secondary N) is 1. The molecule has 0 radical (unpaired) electrons. The number of rotatable bonds is 6. The Morgan fingerprint density at radius 1 is 1.05 bits per heavy atom. The highest BCUT2D eigenvalue weighted by atomic mass is 16.5. The Hall–Kier alpha value is -1.59. The lowest BCUT2D eigenvalue weighted by molar-refractivity contribution is -0.148. The Morgan fingerprint density at radius 2 is 1.62 bits per heavy atom. The van der Waals surface area contributed by atoms with Crippen LogP contribution in [-0.2, 0) is 23.9 Å². The van der Waals surface area contributed by atoms with Gasteiger partial charge < -0.3 is 14.8 Å². The van der Waals surface area contributed by atoms with E-state index in [1.165, 1.54) is 14.2 Å². The van der Waals surface area contributed by atoms with Crippen LogP contribution in [-0.4, -0.2) is 38.1 Å². The van der Waals surface area contributed by atoms with Crippen LogP contribution in [0, 0.1) is 11.8 Å². The molecule has 0 aromatic carbocycles. The molecule has 0 unspecified atom stereocenters. The van der Waals surface area contributed by atoms with Gasteiger partial charge in [0, 0.05) is 5.92 Å². The van der Waals surface area contributed by atoms with Crippen molar-refractivity contribution in [2.24, 2.45) is 11.8 Å². The smallest absolute Gasteiger partial charge is 0.328 e. The molecule has 1 fully saturated rings. The Bertz CT molecular complexity index is 374. The number of amides is 1. The molecular weight excluding hydrogens is 274 g/mol. The third-order valence-corrected chi connectivity index (χ3v) is 4.01. The zero-order valence-corrected chi connectivity index (χ0v) is 13.0. The number of carbonyl (C=O) groups is 3. The second-order valence-electron chi connectivity index (χ2n) is 5.44. The minimum Gasteiger partial charge on any atom is -0.469 e. The van der Waals surface area contributed by atoms with Gasteiger partial charge in [0.2, 0.25) is 5.91 Å². The van der Waals surface area contributed by atoms with Crippen molar-refractivity contribution in [1.29, 1.82) is 0 Å². The summed E-state index contributed by atoms with van der Waals surface area (Å²) in [5.41, 5.74) is 0. The second-order valence-corrected chi connectivity index (χ2v) is 5.44. The minimum absolute atomic E-state index is 0.105. The average Bonchev–Trinajstić information content (AvgIpc) is 2.52. The SMILES string of the molecule is CCC[C@H](NC(=O)C1CCC(C(=O)OC)CC1)C(=O)OC. The third kappa shape index (κ3) is 5.02. The van der Waals surface area contributed by atoms with Gasteiger partial charge in [0.15, 0.2) is 0 Å². The van der Waals surface area contributed by atoms with Crippen LogP contribution in [0.4, 0.5) is 0 Å². The Balaban J connectivity index is 2.49. The second kappa shape index (κ2) is 8.64. The first-order chi connectivity index (χ1) is 10.0. The zero-order chi connectivity index (χ0) is 15.8. The number of methoxy groups -OCH3 is 2. The van der Waals surface area contributed by atoms with Crippen LogP contribution < -0.4 is 5.32 Å². The van der Waals surface area contributed by atoms with Gasteiger partial charge in [-0.25, -0.2) is 4.79 Å². The molecule has 1 N–H and O–H groups in total. The first-order valence-electron chi connectivity index (χ1n) is 7.49. The monoisotopic (exact) mass is 299 g/mol. The van der Waals surface area contributed by atoms with E-state index in [9.17, 15) is 14.4 Å². The predicted molar refractivity (Wildman–Crippen MR) is 76.3 cm³/mol. The molecule has 0 aromatic heterocycles. The molecule has 0 aliphatic heterocycles. The summed E-state index contributed by atoms with van der Waals surface area (Å²) in [6, 6.07) is -0.578.